The van der Waals surface area contributed by atoms with E-state index in [1.807, 2.05) is 18.7 Å². The van der Waals surface area contributed by atoms with Gasteiger partial charge in [-0.15, -0.1) is 0 Å². The highest BCUT2D eigenvalue weighted by Gasteiger charge is 2.30. The van der Waals surface area contributed by atoms with Gasteiger partial charge in [0.1, 0.15) is 5.75 Å². The lowest BCUT2D eigenvalue weighted by atomic mass is 9.84. The molecule has 1 aromatic carbocycles. The fourth-order valence-corrected chi connectivity index (χ4v) is 2.89. The summed E-state index contributed by atoms with van der Waals surface area (Å²) in [7, 11) is -3.51. The number of hydrogen-bond acceptors (Lipinski definition) is 4. The largest absolute Gasteiger partial charge is 0.383 e. The molecule has 0 heterocycles. The monoisotopic (exact) mass is 325 g/mol. The van der Waals surface area contributed by atoms with Crippen molar-refractivity contribution >= 4 is 16.0 Å². The first kappa shape index (κ1) is 16.8. The molecule has 0 N–H and O–H groups in total. The van der Waals surface area contributed by atoms with Crippen molar-refractivity contribution < 1.29 is 17.4 Å². The average Bonchev–Trinajstić information content (AvgIpc) is 2.33. The van der Waals surface area contributed by atoms with Crippen molar-refractivity contribution in [2.75, 3.05) is 6.26 Å². The molecule has 0 radical (unpaired) electrons. The summed E-state index contributed by atoms with van der Waals surface area (Å²) in [5.74, 6) is 0.681. The minimum atomic E-state index is -3.51. The van der Waals surface area contributed by atoms with E-state index in [2.05, 4.69) is 0 Å². The summed E-state index contributed by atoms with van der Waals surface area (Å²) in [6.45, 7) is 4.56. The maximum absolute atomic E-state index is 12.4. The van der Waals surface area contributed by atoms with Crippen LogP contribution in [0.15, 0.2) is 24.3 Å². The van der Waals surface area contributed by atoms with E-state index >= 15 is 0 Å². The Morgan fingerprint density at radius 3 is 2.27 bits per heavy atom. The van der Waals surface area contributed by atoms with Gasteiger partial charge in [-0.2, -0.15) is 8.42 Å². The summed E-state index contributed by atoms with van der Waals surface area (Å²) in [4.78, 5) is 14.3. The summed E-state index contributed by atoms with van der Waals surface area (Å²) < 4.78 is 27.0. The van der Waals surface area contributed by atoms with E-state index in [0.29, 0.717) is 6.54 Å². The molecule has 0 spiro atoms. The molecule has 122 valence electrons. The molecule has 0 saturated heterocycles. The summed E-state index contributed by atoms with van der Waals surface area (Å²) in [6, 6.07) is 6.96. The van der Waals surface area contributed by atoms with Crippen molar-refractivity contribution in [1.82, 2.24) is 4.90 Å². The molecule has 1 aliphatic rings. The van der Waals surface area contributed by atoms with Crippen molar-refractivity contribution in [3.8, 4) is 5.75 Å². The molecule has 2 rings (SSSR count). The highest BCUT2D eigenvalue weighted by Crippen LogP contribution is 2.29. The van der Waals surface area contributed by atoms with Gasteiger partial charge in [0.25, 0.3) is 0 Å². The van der Waals surface area contributed by atoms with Crippen LogP contribution >= 0.6 is 0 Å². The van der Waals surface area contributed by atoms with Gasteiger partial charge in [0, 0.05) is 18.5 Å². The van der Waals surface area contributed by atoms with Gasteiger partial charge in [-0.25, -0.2) is 0 Å². The third kappa shape index (κ3) is 4.47. The van der Waals surface area contributed by atoms with E-state index in [-0.39, 0.29) is 23.6 Å². The smallest absolute Gasteiger partial charge is 0.306 e. The van der Waals surface area contributed by atoms with Crippen molar-refractivity contribution in [2.45, 2.75) is 45.7 Å². The lowest BCUT2D eigenvalue weighted by molar-refractivity contribution is -0.140. The molecular weight excluding hydrogens is 302 g/mol. The highest BCUT2D eigenvalue weighted by atomic mass is 32.2. The number of nitrogens with zero attached hydrogens (tertiary/aromatic N) is 1. The van der Waals surface area contributed by atoms with Crippen LogP contribution in [0.25, 0.3) is 0 Å². The Hall–Kier alpha value is -1.56. The number of carbonyl (C=O) groups is 1. The first-order chi connectivity index (χ1) is 10.3. The Kier molecular flexibility index (Phi) is 5.11. The Labute approximate surface area is 132 Å². The second-order valence-corrected chi connectivity index (χ2v) is 7.69. The van der Waals surface area contributed by atoms with Crippen LogP contribution in [0.1, 0.15) is 38.7 Å². The molecule has 0 bridgehead atoms. The Balaban J connectivity index is 2.05. The fourth-order valence-electron chi connectivity index (χ4n) is 2.43. The van der Waals surface area contributed by atoms with E-state index < -0.39 is 10.1 Å². The third-order valence-electron chi connectivity index (χ3n) is 3.88. The van der Waals surface area contributed by atoms with Gasteiger partial charge >= 0.3 is 10.1 Å². The highest BCUT2D eigenvalue weighted by molar-refractivity contribution is 7.86. The van der Waals surface area contributed by atoms with Crippen LogP contribution < -0.4 is 4.18 Å². The van der Waals surface area contributed by atoms with E-state index in [1.165, 1.54) is 0 Å². The van der Waals surface area contributed by atoms with Crippen molar-refractivity contribution in [1.29, 1.82) is 0 Å². The predicted octanol–water partition coefficient (Wildman–Crippen LogP) is 2.56. The zero-order valence-electron chi connectivity index (χ0n) is 13.3. The Morgan fingerprint density at radius 2 is 1.86 bits per heavy atom. The van der Waals surface area contributed by atoms with E-state index in [4.69, 9.17) is 4.18 Å². The quantitative estimate of drug-likeness (QED) is 0.754. The number of amides is 1. The topological polar surface area (TPSA) is 63.7 Å². The lowest BCUT2D eigenvalue weighted by Gasteiger charge is -2.34. The summed E-state index contributed by atoms with van der Waals surface area (Å²) in [5, 5.41) is 0. The van der Waals surface area contributed by atoms with E-state index in [0.717, 1.165) is 31.1 Å². The normalized spacial score (nSPS) is 15.5. The van der Waals surface area contributed by atoms with Crippen LogP contribution in [0.5, 0.6) is 5.75 Å². The zero-order chi connectivity index (χ0) is 16.3. The third-order valence-corrected chi connectivity index (χ3v) is 4.38. The molecule has 5 nitrogen and oxygen atoms in total. The standard InChI is InChI=1S/C16H23NO4S/c1-12(2)17(16(18)14-5-4-6-14)11-13-7-9-15(10-8-13)21-22(3,19)20/h7-10,12,14H,4-6,11H2,1-3H3. The van der Waals surface area contributed by atoms with Crippen LogP contribution in [0.4, 0.5) is 0 Å². The molecule has 6 heteroatoms. The molecule has 1 aromatic rings. The molecule has 1 amide bonds. The number of benzene rings is 1. The number of carbonyl (C=O) groups excluding carboxylic acids is 1. The summed E-state index contributed by atoms with van der Waals surface area (Å²) >= 11 is 0. The molecule has 0 aliphatic heterocycles. The van der Waals surface area contributed by atoms with Crippen molar-refractivity contribution in [2.24, 2.45) is 5.92 Å². The van der Waals surface area contributed by atoms with Gasteiger partial charge in [-0.3, -0.25) is 4.79 Å². The SMILES string of the molecule is CC(C)N(Cc1ccc(OS(C)(=O)=O)cc1)C(=O)C1CCC1. The van der Waals surface area contributed by atoms with E-state index in [9.17, 15) is 13.2 Å². The molecular formula is C16H23NO4S. The first-order valence-corrected chi connectivity index (χ1v) is 9.37. The van der Waals surface area contributed by atoms with Crippen LogP contribution in [0, 0.1) is 5.92 Å². The van der Waals surface area contributed by atoms with Crippen LogP contribution in [0.2, 0.25) is 0 Å². The van der Waals surface area contributed by atoms with Gasteiger partial charge in [0.15, 0.2) is 0 Å². The molecule has 0 unspecified atom stereocenters. The Bertz CT molecular complexity index is 618. The van der Waals surface area contributed by atoms with Gasteiger partial charge in [-0.05, 0) is 44.4 Å². The van der Waals surface area contributed by atoms with Gasteiger partial charge in [0.2, 0.25) is 5.91 Å². The first-order valence-electron chi connectivity index (χ1n) is 7.55. The van der Waals surface area contributed by atoms with Gasteiger partial charge in [0.05, 0.1) is 6.26 Å². The molecule has 22 heavy (non-hydrogen) atoms. The predicted molar refractivity (Wildman–Crippen MR) is 84.9 cm³/mol. The maximum Gasteiger partial charge on any atom is 0.306 e. The summed E-state index contributed by atoms with van der Waals surface area (Å²) in [6.07, 6.45) is 4.13. The van der Waals surface area contributed by atoms with Crippen LogP contribution in [0.3, 0.4) is 0 Å². The Morgan fingerprint density at radius 1 is 1.27 bits per heavy atom. The lowest BCUT2D eigenvalue weighted by Crippen LogP contribution is -2.42. The van der Waals surface area contributed by atoms with E-state index in [1.54, 1.807) is 24.3 Å². The second kappa shape index (κ2) is 6.69. The number of hydrogen-bond donors (Lipinski definition) is 0. The molecule has 1 saturated carbocycles. The van der Waals surface area contributed by atoms with Gasteiger partial charge < -0.3 is 9.08 Å². The average molecular weight is 325 g/mol. The molecule has 0 aromatic heterocycles. The fraction of sp³-hybridized carbons (Fsp3) is 0.562. The molecule has 1 aliphatic carbocycles. The summed E-state index contributed by atoms with van der Waals surface area (Å²) in [5.41, 5.74) is 0.960. The minimum Gasteiger partial charge on any atom is -0.383 e. The van der Waals surface area contributed by atoms with Crippen molar-refractivity contribution in [3.05, 3.63) is 29.8 Å². The minimum absolute atomic E-state index is 0.139. The van der Waals surface area contributed by atoms with Crippen LogP contribution in [-0.4, -0.2) is 31.5 Å². The maximum atomic E-state index is 12.4. The second-order valence-electron chi connectivity index (χ2n) is 6.12. The zero-order valence-corrected chi connectivity index (χ0v) is 14.1. The number of rotatable bonds is 6. The van der Waals surface area contributed by atoms with Gasteiger partial charge in [-0.1, -0.05) is 18.6 Å². The van der Waals surface area contributed by atoms with Crippen molar-refractivity contribution in [3.63, 3.8) is 0 Å². The molecule has 0 atom stereocenters. The van der Waals surface area contributed by atoms with Crippen LogP contribution in [-0.2, 0) is 21.5 Å². The molecule has 1 fully saturated rings.